The maximum absolute atomic E-state index is 11.5. The van der Waals surface area contributed by atoms with E-state index in [1.165, 1.54) is 0 Å². The lowest BCUT2D eigenvalue weighted by atomic mass is 9.76. The maximum atomic E-state index is 11.5. The van der Waals surface area contributed by atoms with Gasteiger partial charge in [0.25, 0.3) is 0 Å². The number of carbonyl (C=O) groups is 1. The molecule has 2 atom stereocenters. The number of rotatable bonds is 2. The van der Waals surface area contributed by atoms with Crippen LogP contribution in [0.4, 0.5) is 0 Å². The minimum atomic E-state index is -1.10. The summed E-state index contributed by atoms with van der Waals surface area (Å²) in [6.07, 6.45) is 4.48. The summed E-state index contributed by atoms with van der Waals surface area (Å²) in [7, 11) is 0. The summed E-state index contributed by atoms with van der Waals surface area (Å²) < 4.78 is 0. The molecule has 2 nitrogen and oxygen atoms in total. The van der Waals surface area contributed by atoms with E-state index >= 15 is 0 Å². The molecule has 0 aromatic carbocycles. The molecule has 0 aliphatic heterocycles. The van der Waals surface area contributed by atoms with Gasteiger partial charge in [-0.3, -0.25) is 4.79 Å². The SMILES string of the molecule is C=CC[C@]1(O)CCC[C@@H](C)C1=O. The highest BCUT2D eigenvalue weighted by Gasteiger charge is 2.39. The van der Waals surface area contributed by atoms with Crippen molar-refractivity contribution >= 4 is 5.78 Å². The molecule has 1 rings (SSSR count). The normalized spacial score (nSPS) is 36.5. The summed E-state index contributed by atoms with van der Waals surface area (Å²) >= 11 is 0. The van der Waals surface area contributed by atoms with Crippen molar-refractivity contribution in [3.05, 3.63) is 12.7 Å². The fourth-order valence-electron chi connectivity index (χ4n) is 1.86. The van der Waals surface area contributed by atoms with Crippen LogP contribution in [0.25, 0.3) is 0 Å². The molecule has 0 unspecified atom stereocenters. The summed E-state index contributed by atoms with van der Waals surface area (Å²) in [6.45, 7) is 5.43. The molecule has 0 heterocycles. The minimum absolute atomic E-state index is 0.00588. The molecule has 0 aromatic rings. The molecule has 1 aliphatic rings. The van der Waals surface area contributed by atoms with Crippen molar-refractivity contribution < 1.29 is 9.90 Å². The summed E-state index contributed by atoms with van der Waals surface area (Å²) in [5, 5.41) is 9.89. The Morgan fingerprint density at radius 3 is 3.08 bits per heavy atom. The van der Waals surface area contributed by atoms with Gasteiger partial charge in [-0.2, -0.15) is 0 Å². The van der Waals surface area contributed by atoms with Crippen molar-refractivity contribution in [3.63, 3.8) is 0 Å². The molecule has 0 radical (unpaired) electrons. The van der Waals surface area contributed by atoms with E-state index in [1.54, 1.807) is 6.08 Å². The van der Waals surface area contributed by atoms with E-state index in [2.05, 4.69) is 6.58 Å². The molecule has 0 amide bonds. The first-order valence-electron chi connectivity index (χ1n) is 4.48. The highest BCUT2D eigenvalue weighted by atomic mass is 16.3. The van der Waals surface area contributed by atoms with Crippen molar-refractivity contribution in [2.75, 3.05) is 0 Å². The highest BCUT2D eigenvalue weighted by molar-refractivity contribution is 5.89. The smallest absolute Gasteiger partial charge is 0.167 e. The Kier molecular flexibility index (Phi) is 2.68. The van der Waals surface area contributed by atoms with Crippen molar-refractivity contribution in [2.45, 2.75) is 38.2 Å². The first-order chi connectivity index (χ1) is 5.60. The number of ketones is 1. The van der Waals surface area contributed by atoms with Crippen LogP contribution in [-0.2, 0) is 4.79 Å². The van der Waals surface area contributed by atoms with Gasteiger partial charge < -0.3 is 5.11 Å². The van der Waals surface area contributed by atoms with Crippen LogP contribution in [0.5, 0.6) is 0 Å². The Balaban J connectivity index is 2.73. The van der Waals surface area contributed by atoms with Crippen molar-refractivity contribution in [2.24, 2.45) is 5.92 Å². The average Bonchev–Trinajstić information content (AvgIpc) is 2.01. The standard InChI is InChI=1S/C10H16O2/c1-3-6-10(12)7-4-5-8(2)9(10)11/h3,8,12H,1,4-7H2,2H3/t8-,10+/m1/s1. The van der Waals surface area contributed by atoms with Crippen molar-refractivity contribution in [3.8, 4) is 0 Å². The molecule has 1 aliphatic carbocycles. The quantitative estimate of drug-likeness (QED) is 0.637. The first kappa shape index (κ1) is 9.46. The van der Waals surface area contributed by atoms with E-state index in [0.717, 1.165) is 12.8 Å². The van der Waals surface area contributed by atoms with Gasteiger partial charge in [-0.05, 0) is 19.3 Å². The predicted molar refractivity (Wildman–Crippen MR) is 47.8 cm³/mol. The van der Waals surface area contributed by atoms with E-state index in [4.69, 9.17) is 0 Å². The number of hydrogen-bond acceptors (Lipinski definition) is 2. The van der Waals surface area contributed by atoms with E-state index < -0.39 is 5.60 Å². The second-order valence-electron chi connectivity index (χ2n) is 3.68. The van der Waals surface area contributed by atoms with E-state index in [0.29, 0.717) is 12.8 Å². The van der Waals surface area contributed by atoms with Gasteiger partial charge in [0.15, 0.2) is 5.78 Å². The fraction of sp³-hybridized carbons (Fsp3) is 0.700. The van der Waals surface area contributed by atoms with Crippen LogP contribution < -0.4 is 0 Å². The minimum Gasteiger partial charge on any atom is -0.382 e. The van der Waals surface area contributed by atoms with Gasteiger partial charge in [0.2, 0.25) is 0 Å². The maximum Gasteiger partial charge on any atom is 0.167 e. The molecule has 2 heteroatoms. The van der Waals surface area contributed by atoms with Crippen molar-refractivity contribution in [1.29, 1.82) is 0 Å². The molecule has 1 fully saturated rings. The second kappa shape index (κ2) is 3.40. The molecule has 1 saturated carbocycles. The Bertz CT molecular complexity index is 198. The molecular formula is C10H16O2. The number of Topliss-reactive ketones (excluding diaryl/α,β-unsaturated/α-hetero) is 1. The number of aliphatic hydroxyl groups is 1. The zero-order valence-electron chi connectivity index (χ0n) is 7.55. The topological polar surface area (TPSA) is 37.3 Å². The lowest BCUT2D eigenvalue weighted by Gasteiger charge is -2.32. The highest BCUT2D eigenvalue weighted by Crippen LogP contribution is 2.31. The molecular weight excluding hydrogens is 152 g/mol. The Morgan fingerprint density at radius 2 is 2.50 bits per heavy atom. The fourth-order valence-corrected chi connectivity index (χ4v) is 1.86. The third-order valence-electron chi connectivity index (χ3n) is 2.62. The molecule has 0 spiro atoms. The van der Waals surface area contributed by atoms with Crippen LogP contribution in [0, 0.1) is 5.92 Å². The van der Waals surface area contributed by atoms with E-state index in [9.17, 15) is 9.90 Å². The Hall–Kier alpha value is -0.630. The van der Waals surface area contributed by atoms with E-state index in [1.807, 2.05) is 6.92 Å². The van der Waals surface area contributed by atoms with E-state index in [-0.39, 0.29) is 11.7 Å². The van der Waals surface area contributed by atoms with Crippen LogP contribution in [0.3, 0.4) is 0 Å². The van der Waals surface area contributed by atoms with Crippen LogP contribution in [0.15, 0.2) is 12.7 Å². The van der Waals surface area contributed by atoms with Crippen molar-refractivity contribution in [1.82, 2.24) is 0 Å². The molecule has 1 N–H and O–H groups in total. The largest absolute Gasteiger partial charge is 0.382 e. The van der Waals surface area contributed by atoms with Crippen LogP contribution in [-0.4, -0.2) is 16.5 Å². The van der Waals surface area contributed by atoms with Crippen LogP contribution >= 0.6 is 0 Å². The summed E-state index contributed by atoms with van der Waals surface area (Å²) in [6, 6.07) is 0. The summed E-state index contributed by atoms with van der Waals surface area (Å²) in [4.78, 5) is 11.5. The zero-order valence-corrected chi connectivity index (χ0v) is 7.55. The zero-order chi connectivity index (χ0) is 9.19. The van der Waals surface area contributed by atoms with Gasteiger partial charge in [-0.25, -0.2) is 0 Å². The van der Waals surface area contributed by atoms with Gasteiger partial charge in [0, 0.05) is 12.3 Å². The Morgan fingerprint density at radius 1 is 1.83 bits per heavy atom. The lowest BCUT2D eigenvalue weighted by molar-refractivity contribution is -0.145. The molecule has 12 heavy (non-hydrogen) atoms. The van der Waals surface area contributed by atoms with Crippen LogP contribution in [0.1, 0.15) is 32.6 Å². The van der Waals surface area contributed by atoms with Gasteiger partial charge in [0.1, 0.15) is 5.60 Å². The average molecular weight is 168 g/mol. The molecule has 68 valence electrons. The second-order valence-corrected chi connectivity index (χ2v) is 3.68. The molecule has 0 saturated heterocycles. The van der Waals surface area contributed by atoms with Gasteiger partial charge in [0.05, 0.1) is 0 Å². The van der Waals surface area contributed by atoms with Gasteiger partial charge in [-0.1, -0.05) is 13.0 Å². The summed E-state index contributed by atoms with van der Waals surface area (Å²) in [5.41, 5.74) is -1.10. The van der Waals surface area contributed by atoms with Gasteiger partial charge >= 0.3 is 0 Å². The third-order valence-corrected chi connectivity index (χ3v) is 2.62. The predicted octanol–water partition coefficient (Wildman–Crippen LogP) is 1.68. The monoisotopic (exact) mass is 168 g/mol. The first-order valence-corrected chi connectivity index (χ1v) is 4.48. The Labute approximate surface area is 73.3 Å². The molecule has 0 aromatic heterocycles. The van der Waals surface area contributed by atoms with Gasteiger partial charge in [-0.15, -0.1) is 6.58 Å². The number of hydrogen-bond donors (Lipinski definition) is 1. The van der Waals surface area contributed by atoms with Crippen LogP contribution in [0.2, 0.25) is 0 Å². The lowest BCUT2D eigenvalue weighted by Crippen LogP contribution is -2.44. The molecule has 0 bridgehead atoms. The summed E-state index contributed by atoms with van der Waals surface area (Å²) in [5.74, 6) is 0.0114. The third kappa shape index (κ3) is 1.58. The number of carbonyl (C=O) groups excluding carboxylic acids is 1.